The Hall–Kier alpha value is -1.06. The molecule has 1 unspecified atom stereocenters. The molecule has 0 aliphatic carbocycles. The average molecular weight is 290 g/mol. The first-order chi connectivity index (χ1) is 10.2. The van der Waals surface area contributed by atoms with E-state index in [4.69, 9.17) is 4.74 Å². The van der Waals surface area contributed by atoms with Gasteiger partial charge >= 0.3 is 0 Å². The Morgan fingerprint density at radius 3 is 2.71 bits per heavy atom. The lowest BCUT2D eigenvalue weighted by molar-refractivity contribution is 0.246. The molecule has 0 amide bonds. The van der Waals surface area contributed by atoms with Crippen molar-refractivity contribution >= 4 is 0 Å². The molecule has 0 saturated carbocycles. The molecule has 1 N–H and O–H groups in total. The van der Waals surface area contributed by atoms with Crippen molar-refractivity contribution in [1.29, 1.82) is 0 Å². The van der Waals surface area contributed by atoms with Gasteiger partial charge in [-0.3, -0.25) is 0 Å². The van der Waals surface area contributed by atoms with E-state index in [2.05, 4.69) is 50.0 Å². The highest BCUT2D eigenvalue weighted by molar-refractivity contribution is 5.46. The number of ether oxygens (including phenoxy) is 1. The molecule has 3 nitrogen and oxygen atoms in total. The fourth-order valence-corrected chi connectivity index (χ4v) is 3.21. The van der Waals surface area contributed by atoms with Crippen molar-refractivity contribution in [3.05, 3.63) is 28.8 Å². The number of nitrogens with zero attached hydrogens (tertiary/aromatic N) is 1. The predicted octanol–water partition coefficient (Wildman–Crippen LogP) is 3.45. The zero-order valence-corrected chi connectivity index (χ0v) is 14.0. The normalized spacial score (nSPS) is 17.7. The van der Waals surface area contributed by atoms with E-state index in [0.717, 1.165) is 38.4 Å². The van der Waals surface area contributed by atoms with Crippen molar-refractivity contribution in [3.8, 4) is 5.75 Å². The molecular weight excluding hydrogens is 260 g/mol. The minimum Gasteiger partial charge on any atom is -0.493 e. The van der Waals surface area contributed by atoms with Gasteiger partial charge in [0.1, 0.15) is 5.75 Å². The molecule has 1 aliphatic rings. The second-order valence-corrected chi connectivity index (χ2v) is 6.02. The molecule has 1 aromatic carbocycles. The Balaban J connectivity index is 1.91. The monoisotopic (exact) mass is 290 g/mol. The van der Waals surface area contributed by atoms with Crippen LogP contribution in [0.25, 0.3) is 0 Å². The summed E-state index contributed by atoms with van der Waals surface area (Å²) in [4.78, 5) is 2.48. The SMILES string of the molecule is CCN(CC)CCCNC1CCOc2c(C)cc(C)cc21. The van der Waals surface area contributed by atoms with Gasteiger partial charge in [-0.2, -0.15) is 0 Å². The van der Waals surface area contributed by atoms with Gasteiger partial charge < -0.3 is 15.0 Å². The Morgan fingerprint density at radius 1 is 1.24 bits per heavy atom. The van der Waals surface area contributed by atoms with Gasteiger partial charge in [-0.05, 0) is 52.0 Å². The number of fused-ring (bicyclic) bond motifs is 1. The lowest BCUT2D eigenvalue weighted by atomic mass is 9.95. The molecule has 1 atom stereocenters. The fourth-order valence-electron chi connectivity index (χ4n) is 3.21. The molecule has 3 heteroatoms. The molecule has 0 fully saturated rings. The van der Waals surface area contributed by atoms with Crippen molar-refractivity contribution in [3.63, 3.8) is 0 Å². The molecule has 0 bridgehead atoms. The van der Waals surface area contributed by atoms with E-state index in [1.807, 2.05) is 0 Å². The summed E-state index contributed by atoms with van der Waals surface area (Å²) in [6.45, 7) is 14.2. The summed E-state index contributed by atoms with van der Waals surface area (Å²) in [5.74, 6) is 1.10. The van der Waals surface area contributed by atoms with Gasteiger partial charge in [0.15, 0.2) is 0 Å². The summed E-state index contributed by atoms with van der Waals surface area (Å²) in [6, 6.07) is 4.94. The van der Waals surface area contributed by atoms with Crippen molar-refractivity contribution in [1.82, 2.24) is 10.2 Å². The Labute approximate surface area is 129 Å². The third kappa shape index (κ3) is 4.21. The number of aryl methyl sites for hydroxylation is 2. The predicted molar refractivity (Wildman–Crippen MR) is 89.2 cm³/mol. The largest absolute Gasteiger partial charge is 0.493 e. The average Bonchev–Trinajstić information content (AvgIpc) is 2.48. The van der Waals surface area contributed by atoms with Crippen LogP contribution in [0.2, 0.25) is 0 Å². The first-order valence-electron chi connectivity index (χ1n) is 8.35. The van der Waals surface area contributed by atoms with Gasteiger partial charge in [0.25, 0.3) is 0 Å². The zero-order chi connectivity index (χ0) is 15.2. The Kier molecular flexibility index (Phi) is 6.07. The lowest BCUT2D eigenvalue weighted by Crippen LogP contribution is -2.31. The van der Waals surface area contributed by atoms with Gasteiger partial charge in [-0.1, -0.05) is 31.5 Å². The summed E-state index contributed by atoms with van der Waals surface area (Å²) in [6.07, 6.45) is 2.28. The molecule has 118 valence electrons. The van der Waals surface area contributed by atoms with Crippen LogP contribution in [0, 0.1) is 13.8 Å². The van der Waals surface area contributed by atoms with Crippen LogP contribution in [0.4, 0.5) is 0 Å². The molecule has 0 aromatic heterocycles. The number of benzene rings is 1. The number of hydrogen-bond acceptors (Lipinski definition) is 3. The standard InChI is InChI=1S/C18H30N2O/c1-5-20(6-2)10-7-9-19-17-8-11-21-18-15(4)12-14(3)13-16(17)18/h12-13,17,19H,5-11H2,1-4H3. The highest BCUT2D eigenvalue weighted by Gasteiger charge is 2.22. The lowest BCUT2D eigenvalue weighted by Gasteiger charge is -2.29. The van der Waals surface area contributed by atoms with E-state index < -0.39 is 0 Å². The molecule has 0 spiro atoms. The van der Waals surface area contributed by atoms with Gasteiger partial charge in [0, 0.05) is 18.0 Å². The van der Waals surface area contributed by atoms with Gasteiger partial charge in [0.2, 0.25) is 0 Å². The molecule has 1 aromatic rings. The summed E-state index contributed by atoms with van der Waals surface area (Å²) >= 11 is 0. The first-order valence-corrected chi connectivity index (χ1v) is 8.35. The van der Waals surface area contributed by atoms with Crippen LogP contribution in [0.3, 0.4) is 0 Å². The first kappa shape index (κ1) is 16.3. The van der Waals surface area contributed by atoms with Crippen LogP contribution in [0.5, 0.6) is 5.75 Å². The smallest absolute Gasteiger partial charge is 0.126 e. The third-order valence-electron chi connectivity index (χ3n) is 4.41. The minimum atomic E-state index is 0.448. The summed E-state index contributed by atoms with van der Waals surface area (Å²) < 4.78 is 5.87. The van der Waals surface area contributed by atoms with E-state index in [-0.39, 0.29) is 0 Å². The Bertz CT molecular complexity index is 455. The third-order valence-corrected chi connectivity index (χ3v) is 4.41. The number of hydrogen-bond donors (Lipinski definition) is 1. The second kappa shape index (κ2) is 7.81. The van der Waals surface area contributed by atoms with E-state index >= 15 is 0 Å². The van der Waals surface area contributed by atoms with Crippen molar-refractivity contribution in [2.24, 2.45) is 0 Å². The molecule has 1 aliphatic heterocycles. The maximum absolute atomic E-state index is 5.87. The molecular formula is C18H30N2O. The van der Waals surface area contributed by atoms with Crippen LogP contribution in [0.15, 0.2) is 12.1 Å². The van der Waals surface area contributed by atoms with Gasteiger partial charge in [-0.15, -0.1) is 0 Å². The van der Waals surface area contributed by atoms with Gasteiger partial charge in [-0.25, -0.2) is 0 Å². The summed E-state index contributed by atoms with van der Waals surface area (Å²) in [5.41, 5.74) is 3.94. The quantitative estimate of drug-likeness (QED) is 0.778. The van der Waals surface area contributed by atoms with E-state index in [9.17, 15) is 0 Å². The zero-order valence-electron chi connectivity index (χ0n) is 14.0. The molecule has 21 heavy (non-hydrogen) atoms. The molecule has 0 saturated heterocycles. The van der Waals surface area contributed by atoms with E-state index in [0.29, 0.717) is 6.04 Å². The number of rotatable bonds is 7. The van der Waals surface area contributed by atoms with Gasteiger partial charge in [0.05, 0.1) is 6.61 Å². The van der Waals surface area contributed by atoms with Crippen LogP contribution < -0.4 is 10.1 Å². The maximum atomic E-state index is 5.87. The van der Waals surface area contributed by atoms with Crippen LogP contribution >= 0.6 is 0 Å². The number of nitrogens with one attached hydrogen (secondary N) is 1. The topological polar surface area (TPSA) is 24.5 Å². The summed E-state index contributed by atoms with van der Waals surface area (Å²) in [5, 5.41) is 3.73. The highest BCUT2D eigenvalue weighted by atomic mass is 16.5. The molecule has 0 radical (unpaired) electrons. The van der Waals surface area contributed by atoms with Crippen LogP contribution in [-0.2, 0) is 0 Å². The maximum Gasteiger partial charge on any atom is 0.126 e. The minimum absolute atomic E-state index is 0.448. The van der Waals surface area contributed by atoms with E-state index in [1.54, 1.807) is 0 Å². The highest BCUT2D eigenvalue weighted by Crippen LogP contribution is 2.35. The van der Waals surface area contributed by atoms with Crippen molar-refractivity contribution in [2.75, 3.05) is 32.8 Å². The van der Waals surface area contributed by atoms with Crippen molar-refractivity contribution < 1.29 is 4.74 Å². The molecule has 2 rings (SSSR count). The second-order valence-electron chi connectivity index (χ2n) is 6.02. The van der Waals surface area contributed by atoms with Crippen molar-refractivity contribution in [2.45, 2.75) is 46.6 Å². The fraction of sp³-hybridized carbons (Fsp3) is 0.667. The van der Waals surface area contributed by atoms with E-state index in [1.165, 1.54) is 29.7 Å². The van der Waals surface area contributed by atoms with Crippen LogP contribution in [0.1, 0.15) is 49.4 Å². The molecule has 1 heterocycles. The van der Waals surface area contributed by atoms with Crippen LogP contribution in [-0.4, -0.2) is 37.7 Å². The summed E-state index contributed by atoms with van der Waals surface area (Å²) in [7, 11) is 0. The Morgan fingerprint density at radius 2 is 2.00 bits per heavy atom.